The number of benzene rings is 4. The third kappa shape index (κ3) is 2.94. The molecule has 30 heavy (non-hydrogen) atoms. The molecule has 4 aromatic rings. The fourth-order valence-electron chi connectivity index (χ4n) is 3.71. The highest BCUT2D eigenvalue weighted by molar-refractivity contribution is 5.86. The summed E-state index contributed by atoms with van der Waals surface area (Å²) in [4.78, 5) is 2.17. The SMILES string of the molecule is N#Cc1cc(C#N)cc(-c2ccc(N3c4ccccc4Oc4ccccc43)cc2)c1. The zero-order chi connectivity index (χ0) is 20.5. The molecular formula is C26H15N3O. The Morgan fingerprint density at radius 2 is 1.13 bits per heavy atom. The Balaban J connectivity index is 1.60. The zero-order valence-corrected chi connectivity index (χ0v) is 15.9. The molecule has 0 aromatic heterocycles. The minimum Gasteiger partial charge on any atom is -0.453 e. The zero-order valence-electron chi connectivity index (χ0n) is 15.9. The molecule has 0 fully saturated rings. The predicted octanol–water partition coefficient (Wildman–Crippen LogP) is 6.67. The molecule has 0 aliphatic carbocycles. The average Bonchev–Trinajstić information content (AvgIpc) is 2.82. The molecule has 5 rings (SSSR count). The summed E-state index contributed by atoms with van der Waals surface area (Å²) >= 11 is 0. The Morgan fingerprint density at radius 3 is 1.67 bits per heavy atom. The summed E-state index contributed by atoms with van der Waals surface area (Å²) in [7, 11) is 0. The fraction of sp³-hybridized carbons (Fsp3) is 0. The van der Waals surface area contributed by atoms with Gasteiger partial charge in [0, 0.05) is 5.69 Å². The fourth-order valence-corrected chi connectivity index (χ4v) is 3.71. The lowest BCUT2D eigenvalue weighted by Gasteiger charge is -2.32. The number of anilines is 3. The van der Waals surface area contributed by atoms with Crippen molar-refractivity contribution < 1.29 is 4.74 Å². The van der Waals surface area contributed by atoms with Crippen LogP contribution in [0.3, 0.4) is 0 Å². The van der Waals surface area contributed by atoms with Crippen molar-refractivity contribution in [2.75, 3.05) is 4.90 Å². The third-order valence-electron chi connectivity index (χ3n) is 5.08. The van der Waals surface area contributed by atoms with Crippen LogP contribution in [0.1, 0.15) is 11.1 Å². The number of nitriles is 2. The minimum atomic E-state index is 0.476. The molecule has 1 aliphatic rings. The van der Waals surface area contributed by atoms with Gasteiger partial charge in [-0.25, -0.2) is 0 Å². The molecule has 0 atom stereocenters. The van der Waals surface area contributed by atoms with Crippen LogP contribution >= 0.6 is 0 Å². The first kappa shape index (κ1) is 17.6. The number of hydrogen-bond donors (Lipinski definition) is 0. The summed E-state index contributed by atoms with van der Waals surface area (Å²) in [5.41, 5.74) is 5.69. The van der Waals surface area contributed by atoms with Crippen molar-refractivity contribution in [3.05, 3.63) is 102 Å². The largest absolute Gasteiger partial charge is 0.453 e. The van der Waals surface area contributed by atoms with Crippen molar-refractivity contribution in [3.63, 3.8) is 0 Å². The number of para-hydroxylation sites is 4. The number of nitrogens with zero attached hydrogens (tertiary/aromatic N) is 3. The van der Waals surface area contributed by atoms with Crippen molar-refractivity contribution in [1.82, 2.24) is 0 Å². The Labute approximate surface area is 174 Å². The van der Waals surface area contributed by atoms with Crippen molar-refractivity contribution in [1.29, 1.82) is 10.5 Å². The first-order valence-electron chi connectivity index (χ1n) is 9.48. The second-order valence-electron chi connectivity index (χ2n) is 6.94. The van der Waals surface area contributed by atoms with Crippen LogP contribution in [0, 0.1) is 22.7 Å². The van der Waals surface area contributed by atoms with E-state index in [0.717, 1.165) is 39.7 Å². The standard InChI is InChI=1S/C26H15N3O/c27-16-18-13-19(17-28)15-21(14-18)20-9-11-22(12-10-20)29-23-5-1-3-7-25(23)30-26-8-4-2-6-24(26)29/h1-15H. The van der Waals surface area contributed by atoms with Gasteiger partial charge in [-0.1, -0.05) is 36.4 Å². The molecular weight excluding hydrogens is 370 g/mol. The van der Waals surface area contributed by atoms with Crippen LogP contribution < -0.4 is 9.64 Å². The smallest absolute Gasteiger partial charge is 0.151 e. The molecule has 0 N–H and O–H groups in total. The quantitative estimate of drug-likeness (QED) is 0.340. The number of fused-ring (bicyclic) bond motifs is 2. The van der Waals surface area contributed by atoms with E-state index in [9.17, 15) is 10.5 Å². The van der Waals surface area contributed by atoms with E-state index in [2.05, 4.69) is 17.0 Å². The van der Waals surface area contributed by atoms with Gasteiger partial charge in [-0.15, -0.1) is 0 Å². The van der Waals surface area contributed by atoms with Crippen LogP contribution in [0.4, 0.5) is 17.1 Å². The van der Waals surface area contributed by atoms with Gasteiger partial charge in [0.15, 0.2) is 11.5 Å². The van der Waals surface area contributed by atoms with E-state index in [1.807, 2.05) is 72.8 Å². The maximum Gasteiger partial charge on any atom is 0.151 e. The minimum absolute atomic E-state index is 0.476. The van der Waals surface area contributed by atoms with Crippen LogP contribution in [0.25, 0.3) is 11.1 Å². The van der Waals surface area contributed by atoms with Gasteiger partial charge in [0.2, 0.25) is 0 Å². The van der Waals surface area contributed by atoms with Crippen molar-refractivity contribution in [2.45, 2.75) is 0 Å². The lowest BCUT2D eigenvalue weighted by atomic mass is 10.00. The maximum absolute atomic E-state index is 9.25. The van der Waals surface area contributed by atoms with Crippen LogP contribution in [-0.4, -0.2) is 0 Å². The summed E-state index contributed by atoms with van der Waals surface area (Å²) in [5.74, 6) is 1.61. The van der Waals surface area contributed by atoms with Crippen molar-refractivity contribution in [3.8, 4) is 34.8 Å². The van der Waals surface area contributed by atoms with Crippen molar-refractivity contribution >= 4 is 17.1 Å². The van der Waals surface area contributed by atoms with Crippen molar-refractivity contribution in [2.24, 2.45) is 0 Å². The van der Waals surface area contributed by atoms with E-state index >= 15 is 0 Å². The molecule has 0 radical (unpaired) electrons. The number of rotatable bonds is 2. The van der Waals surface area contributed by atoms with E-state index in [1.165, 1.54) is 0 Å². The molecule has 0 bridgehead atoms. The van der Waals surface area contributed by atoms with Gasteiger partial charge in [-0.3, -0.25) is 0 Å². The summed E-state index contributed by atoms with van der Waals surface area (Å²) < 4.78 is 6.07. The summed E-state index contributed by atoms with van der Waals surface area (Å²) in [5, 5.41) is 18.5. The molecule has 0 amide bonds. The van der Waals surface area contributed by atoms with Gasteiger partial charge in [0.05, 0.1) is 34.6 Å². The molecule has 0 unspecified atom stereocenters. The van der Waals surface area contributed by atoms with E-state index in [0.29, 0.717) is 11.1 Å². The second-order valence-corrected chi connectivity index (χ2v) is 6.94. The highest BCUT2D eigenvalue weighted by Crippen LogP contribution is 2.50. The Bertz CT molecular complexity index is 1270. The summed E-state index contributed by atoms with van der Waals surface area (Å²) in [6, 6.07) is 33.5. The van der Waals surface area contributed by atoms with E-state index in [-0.39, 0.29) is 0 Å². The second kappa shape index (κ2) is 7.13. The van der Waals surface area contributed by atoms with Gasteiger partial charge < -0.3 is 9.64 Å². The molecule has 140 valence electrons. The van der Waals surface area contributed by atoms with Gasteiger partial charge >= 0.3 is 0 Å². The van der Waals surface area contributed by atoms with E-state index in [1.54, 1.807) is 18.2 Å². The van der Waals surface area contributed by atoms with E-state index < -0.39 is 0 Å². The highest BCUT2D eigenvalue weighted by atomic mass is 16.5. The molecule has 0 saturated carbocycles. The lowest BCUT2D eigenvalue weighted by Crippen LogP contribution is -2.15. The number of hydrogen-bond acceptors (Lipinski definition) is 4. The summed E-state index contributed by atoms with van der Waals surface area (Å²) in [6.07, 6.45) is 0. The van der Waals surface area contributed by atoms with Gasteiger partial charge in [-0.05, 0) is 65.7 Å². The predicted molar refractivity (Wildman–Crippen MR) is 116 cm³/mol. The average molecular weight is 385 g/mol. The third-order valence-corrected chi connectivity index (χ3v) is 5.08. The lowest BCUT2D eigenvalue weighted by molar-refractivity contribution is 0.477. The molecule has 1 heterocycles. The van der Waals surface area contributed by atoms with Crippen LogP contribution in [0.15, 0.2) is 91.0 Å². The topological polar surface area (TPSA) is 60.0 Å². The van der Waals surface area contributed by atoms with Gasteiger partial charge in [0.25, 0.3) is 0 Å². The summed E-state index contributed by atoms with van der Waals surface area (Å²) in [6.45, 7) is 0. The highest BCUT2D eigenvalue weighted by Gasteiger charge is 2.25. The van der Waals surface area contributed by atoms with Crippen LogP contribution in [0.2, 0.25) is 0 Å². The monoisotopic (exact) mass is 385 g/mol. The first-order valence-corrected chi connectivity index (χ1v) is 9.48. The molecule has 4 heteroatoms. The maximum atomic E-state index is 9.25. The van der Waals surface area contributed by atoms with E-state index in [4.69, 9.17) is 4.74 Å². The van der Waals surface area contributed by atoms with Gasteiger partial charge in [0.1, 0.15) is 0 Å². The molecule has 1 aliphatic heterocycles. The molecule has 4 aromatic carbocycles. The Hall–Kier alpha value is -4.54. The van der Waals surface area contributed by atoms with Crippen LogP contribution in [0.5, 0.6) is 11.5 Å². The van der Waals surface area contributed by atoms with Crippen LogP contribution in [-0.2, 0) is 0 Å². The number of ether oxygens (including phenoxy) is 1. The Morgan fingerprint density at radius 1 is 0.600 bits per heavy atom. The Kier molecular flexibility index (Phi) is 4.17. The molecule has 0 saturated heterocycles. The molecule has 4 nitrogen and oxygen atoms in total. The normalized spacial score (nSPS) is 11.5. The first-order chi connectivity index (χ1) is 14.8. The van der Waals surface area contributed by atoms with Gasteiger partial charge in [-0.2, -0.15) is 10.5 Å². The molecule has 0 spiro atoms.